The first-order valence-electron chi connectivity index (χ1n) is 27.2. The number of carbonyl (C=O) groups excluding carboxylic acids is 1. The standard InChI is InChI=1S/C12H15N3O2.C11H16O2S.C10H13N3OS.C10H13N3.C10H14O2S.C8H12S/c1-8(2)13-12-15-14-11(17-12)10-5-3-9(7-16)4-6-10;1-7(2)5-9-6-8(3)14-10(9)11(12)13-4;1-6(2)11-10-13-12-9(14-10)8-4-7(3)15-5-8;1-7(2)5-8-3-4-9-10(6-8)12-13-11-9;1-6(2)4-8-5-7(3)13-9(8)10(11)12;1-7(2)5-8-3-4-9-6-8/h3-6,8,16H,7H2,1-2H3,(H,13,15);6-7H,5H2,1-4H3;4-6H,1-3H3,(H,11,13);3-4,6-7H,5H2,1-2H3,(H,11,12,13);5-6H,4H2,1-3H3,(H,11,12);3-4,6-7H,5H2,1-2H3. The number of aromatic nitrogens is 7. The molecule has 9 rings (SSSR count). The summed E-state index contributed by atoms with van der Waals surface area (Å²) in [6, 6.07) is 23.3. The minimum atomic E-state index is -0.797. The highest BCUT2D eigenvalue weighted by atomic mass is 32.1. The third-order valence-electron chi connectivity index (χ3n) is 11.0. The van der Waals surface area contributed by atoms with Crippen LogP contribution in [0.25, 0.3) is 33.9 Å². The second-order valence-electron chi connectivity index (χ2n) is 21.6. The lowest BCUT2D eigenvalue weighted by Gasteiger charge is -2.04. The molecule has 0 saturated carbocycles. The van der Waals surface area contributed by atoms with E-state index in [1.54, 1.807) is 22.7 Å². The molecule has 9 aromatic rings. The Labute approximate surface area is 494 Å². The Bertz CT molecular complexity index is 3220. The summed E-state index contributed by atoms with van der Waals surface area (Å²) >= 11 is 6.34. The van der Waals surface area contributed by atoms with Crippen LogP contribution in [0, 0.1) is 44.4 Å². The number of rotatable bonds is 17. The highest BCUT2D eigenvalue weighted by Gasteiger charge is 2.17. The van der Waals surface area contributed by atoms with Crippen molar-refractivity contribution in [2.24, 2.45) is 23.7 Å². The van der Waals surface area contributed by atoms with Crippen molar-refractivity contribution in [3.8, 4) is 22.9 Å². The fourth-order valence-electron chi connectivity index (χ4n) is 7.73. The van der Waals surface area contributed by atoms with E-state index in [1.807, 2.05) is 89.4 Å². The number of benzene rings is 2. The summed E-state index contributed by atoms with van der Waals surface area (Å²) in [5.41, 5.74) is 9.48. The quantitative estimate of drug-likeness (QED) is 0.0534. The number of aliphatic hydroxyl groups is 1. The van der Waals surface area contributed by atoms with Crippen molar-refractivity contribution in [2.75, 3.05) is 17.7 Å². The maximum absolute atomic E-state index is 11.4. The molecule has 2 aromatic carbocycles. The summed E-state index contributed by atoms with van der Waals surface area (Å²) < 4.78 is 15.7. The number of hydrogen-bond donors (Lipinski definition) is 5. The number of esters is 1. The molecular formula is C61H83N9O7S4. The number of carbonyl (C=O) groups is 2. The summed E-state index contributed by atoms with van der Waals surface area (Å²) in [4.78, 5) is 27.0. The number of aliphatic hydroxyl groups excluding tert-OH is 1. The van der Waals surface area contributed by atoms with Crippen LogP contribution < -0.4 is 10.6 Å². The SMILES string of the molecule is CC(C)Cc1ccc2n[nH]nc2c1.CC(C)Cc1ccsc1.CC(C)Nc1nnc(-c2ccc(CO)cc2)o1.COC(=O)c1sc(C)cc1CC(C)C.Cc1cc(-c2nnc(NC(C)C)o2)cs1.Cc1cc(CC(C)C)c(C(=O)O)s1. The van der Waals surface area contributed by atoms with Gasteiger partial charge in [0.1, 0.15) is 20.8 Å². The van der Waals surface area contributed by atoms with Crippen LogP contribution in [-0.4, -0.2) is 77.2 Å². The fraction of sp³-hybridized carbons (Fsp3) is 0.443. The van der Waals surface area contributed by atoms with Gasteiger partial charge in [0, 0.05) is 43.2 Å². The Balaban J connectivity index is 0.000000211. The van der Waals surface area contributed by atoms with E-state index in [4.69, 9.17) is 23.8 Å². The highest BCUT2D eigenvalue weighted by Crippen LogP contribution is 2.28. The zero-order chi connectivity index (χ0) is 59.8. The highest BCUT2D eigenvalue weighted by molar-refractivity contribution is 7.14. The smallest absolute Gasteiger partial charge is 0.348 e. The predicted molar refractivity (Wildman–Crippen MR) is 334 cm³/mol. The number of nitrogens with one attached hydrogen (secondary N) is 3. The maximum atomic E-state index is 11.4. The zero-order valence-electron chi connectivity index (χ0n) is 49.8. The van der Waals surface area contributed by atoms with E-state index in [-0.39, 0.29) is 18.6 Å². The lowest BCUT2D eigenvalue weighted by Crippen LogP contribution is -2.09. The predicted octanol–water partition coefficient (Wildman–Crippen LogP) is 16.1. The molecule has 438 valence electrons. The first-order valence-corrected chi connectivity index (χ1v) is 30.6. The second-order valence-corrected chi connectivity index (χ2v) is 26.0. The van der Waals surface area contributed by atoms with E-state index in [9.17, 15) is 9.59 Å². The maximum Gasteiger partial charge on any atom is 0.348 e. The molecule has 0 aliphatic heterocycles. The number of thiophene rings is 4. The molecule has 16 nitrogen and oxygen atoms in total. The first kappa shape index (κ1) is 66.9. The number of anilines is 2. The van der Waals surface area contributed by atoms with Crippen LogP contribution in [0.4, 0.5) is 12.0 Å². The number of methoxy groups -OCH3 is 1. The van der Waals surface area contributed by atoms with E-state index in [1.165, 1.54) is 57.1 Å². The Morgan fingerprint density at radius 2 is 1.09 bits per heavy atom. The van der Waals surface area contributed by atoms with Gasteiger partial charge in [0.15, 0.2) is 0 Å². The van der Waals surface area contributed by atoms with Crippen LogP contribution in [0.15, 0.2) is 91.7 Å². The number of nitrogens with zero attached hydrogens (tertiary/aromatic N) is 6. The summed E-state index contributed by atoms with van der Waals surface area (Å²) in [5.74, 6) is 2.58. The Morgan fingerprint density at radius 3 is 1.56 bits per heavy atom. The minimum absolute atomic E-state index is 0.0320. The molecule has 0 fully saturated rings. The Kier molecular flexibility index (Phi) is 28.1. The van der Waals surface area contributed by atoms with Crippen LogP contribution in [-0.2, 0) is 37.0 Å². The molecule has 0 unspecified atom stereocenters. The molecule has 7 heterocycles. The van der Waals surface area contributed by atoms with E-state index >= 15 is 0 Å². The van der Waals surface area contributed by atoms with Crippen LogP contribution in [0.2, 0.25) is 0 Å². The third-order valence-corrected chi connectivity index (χ3v) is 14.7. The molecule has 0 atom stereocenters. The number of carboxylic acids is 1. The molecule has 5 N–H and O–H groups in total. The Morgan fingerprint density at radius 1 is 0.580 bits per heavy atom. The molecule has 0 aliphatic carbocycles. The van der Waals surface area contributed by atoms with Gasteiger partial charge >= 0.3 is 24.0 Å². The number of aromatic carboxylic acids is 1. The van der Waals surface area contributed by atoms with E-state index in [2.05, 4.69) is 144 Å². The number of carboxylic acid groups (broad SMARTS) is 1. The molecule has 7 aromatic heterocycles. The molecule has 0 radical (unpaired) electrons. The van der Waals surface area contributed by atoms with Gasteiger partial charge < -0.3 is 34.4 Å². The number of H-pyrrole nitrogens is 1. The molecule has 0 bridgehead atoms. The summed E-state index contributed by atoms with van der Waals surface area (Å²) in [7, 11) is 1.43. The summed E-state index contributed by atoms with van der Waals surface area (Å²) in [6.45, 7) is 31.5. The monoisotopic (exact) mass is 1180 g/mol. The van der Waals surface area contributed by atoms with Gasteiger partial charge in [-0.25, -0.2) is 9.59 Å². The van der Waals surface area contributed by atoms with E-state index in [0.29, 0.717) is 52.5 Å². The Hall–Kier alpha value is -6.58. The number of ether oxygens (including phenoxy) is 1. The van der Waals surface area contributed by atoms with Gasteiger partial charge in [-0.3, -0.25) is 0 Å². The van der Waals surface area contributed by atoms with Gasteiger partial charge in [-0.1, -0.05) is 83.8 Å². The second kappa shape index (κ2) is 34.0. The molecule has 0 aliphatic rings. The fourth-order valence-corrected chi connectivity index (χ4v) is 10.9. The molecule has 0 amide bonds. The topological polar surface area (TPSA) is 227 Å². The van der Waals surface area contributed by atoms with Gasteiger partial charge in [-0.15, -0.1) is 44.2 Å². The lowest BCUT2D eigenvalue weighted by molar-refractivity contribution is 0.0604. The minimum Gasteiger partial charge on any atom is -0.477 e. The number of fused-ring (bicyclic) bond motifs is 1. The molecular weight excluding hydrogens is 1100 g/mol. The molecule has 81 heavy (non-hydrogen) atoms. The normalized spacial score (nSPS) is 10.9. The number of aryl methyl sites for hydroxylation is 3. The molecule has 20 heteroatoms. The van der Waals surface area contributed by atoms with Crippen LogP contribution >= 0.6 is 45.3 Å². The van der Waals surface area contributed by atoms with Crippen molar-refractivity contribution in [3.05, 3.63) is 135 Å². The van der Waals surface area contributed by atoms with Gasteiger partial charge in [0.05, 0.1) is 13.7 Å². The third kappa shape index (κ3) is 24.2. The molecule has 0 spiro atoms. The van der Waals surface area contributed by atoms with Crippen molar-refractivity contribution in [2.45, 2.75) is 148 Å². The van der Waals surface area contributed by atoms with Crippen LogP contribution in [0.5, 0.6) is 0 Å². The zero-order valence-corrected chi connectivity index (χ0v) is 53.1. The average molecular weight is 1180 g/mol. The van der Waals surface area contributed by atoms with Crippen molar-refractivity contribution in [1.82, 2.24) is 35.8 Å². The lowest BCUT2D eigenvalue weighted by atomic mass is 10.0. The number of hydrogen-bond acceptors (Lipinski definition) is 18. The largest absolute Gasteiger partial charge is 0.477 e. The van der Waals surface area contributed by atoms with Crippen LogP contribution in [0.3, 0.4) is 0 Å². The van der Waals surface area contributed by atoms with Gasteiger partial charge in [-0.05, 0) is 185 Å². The van der Waals surface area contributed by atoms with Crippen LogP contribution in [0.1, 0.15) is 145 Å². The molecule has 0 saturated heterocycles. The van der Waals surface area contributed by atoms with E-state index in [0.717, 1.165) is 73.8 Å². The van der Waals surface area contributed by atoms with Gasteiger partial charge in [0.2, 0.25) is 5.89 Å². The van der Waals surface area contributed by atoms with E-state index < -0.39 is 5.97 Å². The van der Waals surface area contributed by atoms with Crippen molar-refractivity contribution >= 4 is 80.3 Å². The van der Waals surface area contributed by atoms with Gasteiger partial charge in [0.25, 0.3) is 5.89 Å². The summed E-state index contributed by atoms with van der Waals surface area (Å²) in [5, 5.41) is 56.7. The average Bonchev–Trinajstić information content (AvgIpc) is 4.27. The first-order chi connectivity index (χ1) is 38.4. The number of aromatic amines is 1. The van der Waals surface area contributed by atoms with Crippen molar-refractivity contribution in [1.29, 1.82) is 0 Å². The summed E-state index contributed by atoms with van der Waals surface area (Å²) in [6.07, 6.45) is 4.12. The van der Waals surface area contributed by atoms with Gasteiger partial charge in [-0.2, -0.15) is 26.7 Å². The van der Waals surface area contributed by atoms with Crippen molar-refractivity contribution < 1.29 is 33.4 Å². The van der Waals surface area contributed by atoms with Crippen molar-refractivity contribution in [3.63, 3.8) is 0 Å².